The number of carbonyl (C=O) groups excluding carboxylic acids is 1. The van der Waals surface area contributed by atoms with E-state index in [2.05, 4.69) is 12.2 Å². The highest BCUT2D eigenvalue weighted by molar-refractivity contribution is 5.99. The summed E-state index contributed by atoms with van der Waals surface area (Å²) in [4.78, 5) is 14.4. The van der Waals surface area contributed by atoms with E-state index in [9.17, 15) is 4.79 Å². The summed E-state index contributed by atoms with van der Waals surface area (Å²) < 4.78 is 5.68. The van der Waals surface area contributed by atoms with E-state index in [-0.39, 0.29) is 24.1 Å². The van der Waals surface area contributed by atoms with Gasteiger partial charge in [-0.1, -0.05) is 18.2 Å². The van der Waals surface area contributed by atoms with E-state index in [1.165, 1.54) is 0 Å². The van der Waals surface area contributed by atoms with Crippen LogP contribution in [0.15, 0.2) is 30.3 Å². The predicted octanol–water partition coefficient (Wildman–Crippen LogP) is 1.95. The lowest BCUT2D eigenvalue weighted by atomic mass is 10.1. The van der Waals surface area contributed by atoms with E-state index in [4.69, 9.17) is 4.74 Å². The summed E-state index contributed by atoms with van der Waals surface area (Å²) in [7, 11) is 0. The zero-order chi connectivity index (χ0) is 13.9. The number of nitrogens with one attached hydrogen (secondary N) is 1. The maximum absolute atomic E-state index is 12.5. The van der Waals surface area contributed by atoms with Crippen molar-refractivity contribution < 1.29 is 9.53 Å². The zero-order valence-corrected chi connectivity index (χ0v) is 11.9. The molecule has 1 N–H and O–H groups in total. The summed E-state index contributed by atoms with van der Waals surface area (Å²) in [6.07, 6.45) is 3.35. The number of hydrogen-bond donors (Lipinski definition) is 1. The van der Waals surface area contributed by atoms with Crippen LogP contribution in [0, 0.1) is 0 Å². The molecule has 20 heavy (non-hydrogen) atoms. The van der Waals surface area contributed by atoms with Crippen LogP contribution in [0.3, 0.4) is 0 Å². The second-order valence-electron chi connectivity index (χ2n) is 5.67. The molecule has 0 saturated carbocycles. The molecule has 2 aliphatic rings. The molecule has 1 amide bonds. The van der Waals surface area contributed by atoms with Crippen molar-refractivity contribution in [3.8, 4) is 0 Å². The minimum absolute atomic E-state index is 0.0746. The molecule has 4 heteroatoms. The fourth-order valence-electron chi connectivity index (χ4n) is 3.12. The molecule has 3 rings (SSSR count). The molecule has 0 aromatic heterocycles. The molecule has 3 atom stereocenters. The summed E-state index contributed by atoms with van der Waals surface area (Å²) in [5.74, 6) is 0.182. The van der Waals surface area contributed by atoms with Crippen molar-refractivity contribution in [1.82, 2.24) is 5.32 Å². The standard InChI is InChI=1S/C16H22N2O2/c1-12(15-8-5-11-20-15)17-14-9-10-18(16(14)19)13-6-3-2-4-7-13/h2-4,6-7,12,14-15,17H,5,8-11H2,1H3/t12-,14+,15+/m0/s1. The molecule has 0 radical (unpaired) electrons. The first-order chi connectivity index (χ1) is 9.75. The van der Waals surface area contributed by atoms with E-state index in [0.29, 0.717) is 0 Å². The van der Waals surface area contributed by atoms with Gasteiger partial charge in [-0.25, -0.2) is 0 Å². The highest BCUT2D eigenvalue weighted by atomic mass is 16.5. The average Bonchev–Trinajstić information content (AvgIpc) is 3.11. The highest BCUT2D eigenvalue weighted by Crippen LogP contribution is 2.22. The fraction of sp³-hybridized carbons (Fsp3) is 0.562. The molecule has 1 aromatic rings. The van der Waals surface area contributed by atoms with Gasteiger partial charge >= 0.3 is 0 Å². The number of ether oxygens (including phenoxy) is 1. The Kier molecular flexibility index (Phi) is 4.03. The Bertz CT molecular complexity index is 457. The average molecular weight is 274 g/mol. The van der Waals surface area contributed by atoms with Gasteiger partial charge in [0.2, 0.25) is 5.91 Å². The van der Waals surface area contributed by atoms with Crippen LogP contribution < -0.4 is 10.2 Å². The van der Waals surface area contributed by atoms with Crippen molar-refractivity contribution >= 4 is 11.6 Å². The van der Waals surface area contributed by atoms with Crippen LogP contribution in [-0.4, -0.2) is 37.2 Å². The number of hydrogen-bond acceptors (Lipinski definition) is 3. The van der Waals surface area contributed by atoms with Gasteiger partial charge in [0.1, 0.15) is 0 Å². The summed E-state index contributed by atoms with van der Waals surface area (Å²) in [6, 6.07) is 10.1. The van der Waals surface area contributed by atoms with Crippen LogP contribution in [0.5, 0.6) is 0 Å². The lowest BCUT2D eigenvalue weighted by Gasteiger charge is -2.23. The normalized spacial score (nSPS) is 28.1. The van der Waals surface area contributed by atoms with Crippen molar-refractivity contribution in [2.45, 2.75) is 44.4 Å². The lowest BCUT2D eigenvalue weighted by molar-refractivity contribution is -0.119. The first kappa shape index (κ1) is 13.6. The number of anilines is 1. The molecule has 0 unspecified atom stereocenters. The first-order valence-electron chi connectivity index (χ1n) is 7.50. The molecule has 0 spiro atoms. The largest absolute Gasteiger partial charge is 0.377 e. The van der Waals surface area contributed by atoms with Gasteiger partial charge in [-0.2, -0.15) is 0 Å². The second kappa shape index (κ2) is 5.94. The van der Waals surface area contributed by atoms with Crippen molar-refractivity contribution in [3.63, 3.8) is 0 Å². The van der Waals surface area contributed by atoms with Gasteiger partial charge in [0.25, 0.3) is 0 Å². The summed E-state index contributed by atoms with van der Waals surface area (Å²) >= 11 is 0. The summed E-state index contributed by atoms with van der Waals surface area (Å²) in [5, 5.41) is 3.45. The smallest absolute Gasteiger partial charge is 0.244 e. The predicted molar refractivity (Wildman–Crippen MR) is 78.8 cm³/mol. The lowest BCUT2D eigenvalue weighted by Crippen LogP contribution is -2.47. The molecule has 0 bridgehead atoms. The van der Waals surface area contributed by atoms with E-state index in [0.717, 1.165) is 38.1 Å². The Morgan fingerprint density at radius 1 is 1.30 bits per heavy atom. The maximum Gasteiger partial charge on any atom is 0.244 e. The van der Waals surface area contributed by atoms with E-state index in [1.54, 1.807) is 0 Å². The minimum atomic E-state index is -0.0746. The van der Waals surface area contributed by atoms with Crippen LogP contribution in [0.1, 0.15) is 26.2 Å². The number of para-hydroxylation sites is 1. The number of nitrogens with zero attached hydrogens (tertiary/aromatic N) is 1. The molecular weight excluding hydrogens is 252 g/mol. The first-order valence-corrected chi connectivity index (χ1v) is 7.50. The third-order valence-electron chi connectivity index (χ3n) is 4.26. The fourth-order valence-corrected chi connectivity index (χ4v) is 3.12. The molecule has 2 fully saturated rings. The molecule has 2 aliphatic heterocycles. The monoisotopic (exact) mass is 274 g/mol. The zero-order valence-electron chi connectivity index (χ0n) is 11.9. The molecular formula is C16H22N2O2. The number of benzene rings is 1. The van der Waals surface area contributed by atoms with Gasteiger partial charge in [-0.15, -0.1) is 0 Å². The Labute approximate surface area is 120 Å². The Hall–Kier alpha value is -1.39. The van der Waals surface area contributed by atoms with Gasteiger partial charge < -0.3 is 15.0 Å². The molecule has 108 valence electrons. The van der Waals surface area contributed by atoms with Crippen molar-refractivity contribution in [1.29, 1.82) is 0 Å². The number of amides is 1. The second-order valence-corrected chi connectivity index (χ2v) is 5.67. The minimum Gasteiger partial charge on any atom is -0.377 e. The van der Waals surface area contributed by atoms with Crippen molar-refractivity contribution in [2.75, 3.05) is 18.1 Å². The topological polar surface area (TPSA) is 41.6 Å². The SMILES string of the molecule is C[C@H](N[C@@H]1CCN(c2ccccc2)C1=O)[C@H]1CCCO1. The van der Waals surface area contributed by atoms with Gasteiger partial charge in [0.05, 0.1) is 12.1 Å². The summed E-state index contributed by atoms with van der Waals surface area (Å²) in [6.45, 7) is 3.76. The molecule has 4 nitrogen and oxygen atoms in total. The maximum atomic E-state index is 12.5. The van der Waals surface area contributed by atoms with E-state index >= 15 is 0 Å². The summed E-state index contributed by atoms with van der Waals surface area (Å²) in [5.41, 5.74) is 0.992. The molecule has 1 aromatic carbocycles. The van der Waals surface area contributed by atoms with Gasteiger partial charge in [-0.3, -0.25) is 4.79 Å². The Morgan fingerprint density at radius 3 is 2.80 bits per heavy atom. The van der Waals surface area contributed by atoms with E-state index in [1.807, 2.05) is 35.2 Å². The van der Waals surface area contributed by atoms with Crippen LogP contribution in [-0.2, 0) is 9.53 Å². The third-order valence-corrected chi connectivity index (χ3v) is 4.26. The Balaban J connectivity index is 1.61. The van der Waals surface area contributed by atoms with Crippen LogP contribution in [0.25, 0.3) is 0 Å². The molecule has 2 heterocycles. The highest BCUT2D eigenvalue weighted by Gasteiger charge is 2.35. The number of rotatable bonds is 4. The quantitative estimate of drug-likeness (QED) is 0.912. The van der Waals surface area contributed by atoms with Crippen molar-refractivity contribution in [3.05, 3.63) is 30.3 Å². The van der Waals surface area contributed by atoms with Crippen LogP contribution in [0.4, 0.5) is 5.69 Å². The van der Waals surface area contributed by atoms with Crippen LogP contribution in [0.2, 0.25) is 0 Å². The Morgan fingerprint density at radius 2 is 2.10 bits per heavy atom. The van der Waals surface area contributed by atoms with Crippen molar-refractivity contribution in [2.24, 2.45) is 0 Å². The third kappa shape index (κ3) is 2.72. The van der Waals surface area contributed by atoms with Gasteiger partial charge in [0, 0.05) is 24.9 Å². The van der Waals surface area contributed by atoms with Gasteiger partial charge in [0.15, 0.2) is 0 Å². The molecule has 2 saturated heterocycles. The van der Waals surface area contributed by atoms with Crippen LogP contribution >= 0.6 is 0 Å². The van der Waals surface area contributed by atoms with E-state index < -0.39 is 0 Å². The molecule has 0 aliphatic carbocycles. The number of carbonyl (C=O) groups is 1. The van der Waals surface area contributed by atoms with Gasteiger partial charge in [-0.05, 0) is 38.3 Å².